The van der Waals surface area contributed by atoms with E-state index < -0.39 is 0 Å². The van der Waals surface area contributed by atoms with Crippen LogP contribution in [-0.2, 0) is 0 Å². The highest BCUT2D eigenvalue weighted by molar-refractivity contribution is 5.74. The van der Waals surface area contributed by atoms with Crippen molar-refractivity contribution in [1.29, 1.82) is 0 Å². The summed E-state index contributed by atoms with van der Waals surface area (Å²) in [5.41, 5.74) is 9.57. The molecule has 0 spiro atoms. The second-order valence-corrected chi connectivity index (χ2v) is 8.56. The normalized spacial score (nSPS) is 10.8. The van der Waals surface area contributed by atoms with E-state index in [0.717, 1.165) is 39.6 Å². The lowest BCUT2D eigenvalue weighted by molar-refractivity contribution is -0.572. The molecule has 36 heavy (non-hydrogen) atoms. The Bertz CT molecular complexity index is 1540. The van der Waals surface area contributed by atoms with Crippen LogP contribution >= 0.6 is 0 Å². The smallest absolute Gasteiger partial charge is 0.219 e. The lowest BCUT2D eigenvalue weighted by Crippen LogP contribution is -2.36. The molecule has 0 atom stereocenters. The highest BCUT2D eigenvalue weighted by Crippen LogP contribution is 2.30. The molecule has 0 aliphatic heterocycles. The van der Waals surface area contributed by atoms with Crippen LogP contribution in [-0.4, -0.2) is 9.97 Å². The number of nitrogens with zero attached hydrogens (tertiary/aromatic N) is 3. The van der Waals surface area contributed by atoms with E-state index in [1.807, 2.05) is 24.4 Å². The maximum Gasteiger partial charge on any atom is 0.219 e. The Labute approximate surface area is 211 Å². The minimum atomic E-state index is 0.839. The molecular formula is C33H24N3+. The Morgan fingerprint density at radius 3 is 1.47 bits per heavy atom. The minimum absolute atomic E-state index is 0.839. The van der Waals surface area contributed by atoms with E-state index in [-0.39, 0.29) is 0 Å². The molecule has 170 valence electrons. The average molecular weight is 463 g/mol. The molecule has 3 nitrogen and oxygen atoms in total. The van der Waals surface area contributed by atoms with Crippen LogP contribution < -0.4 is 4.57 Å². The Morgan fingerprint density at radius 1 is 0.389 bits per heavy atom. The van der Waals surface area contributed by atoms with Gasteiger partial charge in [0.2, 0.25) is 17.1 Å². The molecule has 3 aromatic heterocycles. The zero-order valence-corrected chi connectivity index (χ0v) is 19.7. The van der Waals surface area contributed by atoms with Gasteiger partial charge in [0.25, 0.3) is 0 Å². The molecule has 0 amide bonds. The zero-order chi connectivity index (χ0) is 24.2. The van der Waals surface area contributed by atoms with Crippen molar-refractivity contribution in [2.75, 3.05) is 0 Å². The molecule has 3 heteroatoms. The van der Waals surface area contributed by atoms with E-state index in [9.17, 15) is 0 Å². The van der Waals surface area contributed by atoms with Crippen molar-refractivity contribution in [3.63, 3.8) is 0 Å². The Morgan fingerprint density at radius 2 is 0.917 bits per heavy atom. The number of hydrogen-bond donors (Lipinski definition) is 0. The predicted molar refractivity (Wildman–Crippen MR) is 145 cm³/mol. The second-order valence-electron chi connectivity index (χ2n) is 8.56. The quantitative estimate of drug-likeness (QED) is 0.250. The summed E-state index contributed by atoms with van der Waals surface area (Å²) in [6, 6.07) is 46.3. The van der Waals surface area contributed by atoms with Crippen molar-refractivity contribution in [3.8, 4) is 50.7 Å². The fraction of sp³-hybridized carbons (Fsp3) is 0. The first-order valence-electron chi connectivity index (χ1n) is 12.0. The van der Waals surface area contributed by atoms with Gasteiger partial charge in [0, 0.05) is 47.8 Å². The highest BCUT2D eigenvalue weighted by atomic mass is 15.0. The third-order valence-corrected chi connectivity index (χ3v) is 6.24. The molecule has 0 fully saturated rings. The molecular weight excluding hydrogens is 438 g/mol. The van der Waals surface area contributed by atoms with E-state index >= 15 is 0 Å². The maximum atomic E-state index is 4.63. The molecule has 0 radical (unpaired) electrons. The first-order chi connectivity index (χ1) is 17.9. The molecule has 0 aliphatic carbocycles. The van der Waals surface area contributed by atoms with Gasteiger partial charge in [0.05, 0.1) is 11.4 Å². The van der Waals surface area contributed by atoms with Crippen LogP contribution in [0.1, 0.15) is 0 Å². The van der Waals surface area contributed by atoms with Gasteiger partial charge in [0.15, 0.2) is 0 Å². The number of hydrogen-bond acceptors (Lipinski definition) is 2. The number of rotatable bonds is 5. The first-order valence-corrected chi connectivity index (χ1v) is 12.0. The summed E-state index contributed by atoms with van der Waals surface area (Å²) in [7, 11) is 0. The monoisotopic (exact) mass is 462 g/mol. The lowest BCUT2D eigenvalue weighted by atomic mass is 9.98. The summed E-state index contributed by atoms with van der Waals surface area (Å²) in [5.74, 6) is 0. The topological polar surface area (TPSA) is 29.7 Å². The standard InChI is InChI=1S/C33H24N3/c1-4-12-25(13-5-1)28-22-32(26-14-6-2-7-15-26)36(33(23-28)27-16-8-3-9-17-27)29-19-21-35-31(24-29)30-18-10-11-20-34-30/h1-24H/q+1. The molecule has 0 unspecified atom stereocenters. The molecule has 6 aromatic rings. The van der Waals surface area contributed by atoms with Gasteiger partial charge in [-0.3, -0.25) is 9.97 Å². The zero-order valence-electron chi connectivity index (χ0n) is 19.7. The minimum Gasteiger partial charge on any atom is -0.255 e. The molecule has 3 aromatic carbocycles. The van der Waals surface area contributed by atoms with Crippen LogP contribution in [0.2, 0.25) is 0 Å². The number of pyridine rings is 3. The largest absolute Gasteiger partial charge is 0.255 e. The molecule has 6 rings (SSSR count). The molecule has 0 aliphatic rings. The van der Waals surface area contributed by atoms with Crippen LogP contribution in [0.5, 0.6) is 0 Å². The van der Waals surface area contributed by atoms with E-state index in [4.69, 9.17) is 0 Å². The van der Waals surface area contributed by atoms with Crippen molar-refractivity contribution in [1.82, 2.24) is 9.97 Å². The van der Waals surface area contributed by atoms with E-state index in [0.29, 0.717) is 0 Å². The Kier molecular flexibility index (Phi) is 5.87. The summed E-state index contributed by atoms with van der Waals surface area (Å²) in [5, 5.41) is 0. The van der Waals surface area contributed by atoms with E-state index in [2.05, 4.69) is 130 Å². The van der Waals surface area contributed by atoms with Crippen molar-refractivity contribution < 1.29 is 4.57 Å². The van der Waals surface area contributed by atoms with Crippen LogP contribution in [0.4, 0.5) is 0 Å². The summed E-state index contributed by atoms with van der Waals surface area (Å²) in [4.78, 5) is 9.16. The van der Waals surface area contributed by atoms with Crippen LogP contribution in [0, 0.1) is 0 Å². The fourth-order valence-electron chi connectivity index (χ4n) is 4.53. The summed E-state index contributed by atoms with van der Waals surface area (Å²) >= 11 is 0. The van der Waals surface area contributed by atoms with Crippen molar-refractivity contribution in [3.05, 3.63) is 146 Å². The lowest BCUT2D eigenvalue weighted by Gasteiger charge is -2.13. The SMILES string of the molecule is c1ccc(-c2cc(-c3ccccc3)[n+](-c3ccnc(-c4ccccn4)c3)c(-c3ccccc3)c2)cc1. The molecule has 3 heterocycles. The fourth-order valence-corrected chi connectivity index (χ4v) is 4.53. The summed E-state index contributed by atoms with van der Waals surface area (Å²) in [6.07, 6.45) is 3.66. The van der Waals surface area contributed by atoms with Crippen molar-refractivity contribution in [2.24, 2.45) is 0 Å². The summed E-state index contributed by atoms with van der Waals surface area (Å²) < 4.78 is 2.32. The van der Waals surface area contributed by atoms with E-state index in [1.54, 1.807) is 6.20 Å². The van der Waals surface area contributed by atoms with Gasteiger partial charge < -0.3 is 0 Å². The number of benzene rings is 3. The molecule has 0 saturated heterocycles. The van der Waals surface area contributed by atoms with Gasteiger partial charge in [-0.25, -0.2) is 0 Å². The average Bonchev–Trinajstić information content (AvgIpc) is 2.98. The van der Waals surface area contributed by atoms with Gasteiger partial charge in [-0.05, 0) is 47.5 Å². The third kappa shape index (κ3) is 4.30. The van der Waals surface area contributed by atoms with Gasteiger partial charge in [-0.15, -0.1) is 0 Å². The van der Waals surface area contributed by atoms with Crippen LogP contribution in [0.3, 0.4) is 0 Å². The van der Waals surface area contributed by atoms with Crippen LogP contribution in [0.15, 0.2) is 146 Å². The second kappa shape index (κ2) is 9.77. The highest BCUT2D eigenvalue weighted by Gasteiger charge is 2.25. The van der Waals surface area contributed by atoms with Gasteiger partial charge >= 0.3 is 0 Å². The van der Waals surface area contributed by atoms with Crippen LogP contribution in [0.25, 0.3) is 50.7 Å². The molecule has 0 N–H and O–H groups in total. The Balaban J connectivity index is 1.67. The summed E-state index contributed by atoms with van der Waals surface area (Å²) in [6.45, 7) is 0. The van der Waals surface area contributed by atoms with E-state index in [1.165, 1.54) is 11.1 Å². The van der Waals surface area contributed by atoms with Crippen molar-refractivity contribution >= 4 is 0 Å². The Hall–Kier alpha value is -4.89. The maximum absolute atomic E-state index is 4.63. The van der Waals surface area contributed by atoms with Crippen molar-refractivity contribution in [2.45, 2.75) is 0 Å². The molecule has 0 saturated carbocycles. The third-order valence-electron chi connectivity index (χ3n) is 6.24. The van der Waals surface area contributed by atoms with Gasteiger partial charge in [-0.1, -0.05) is 72.8 Å². The van der Waals surface area contributed by atoms with Gasteiger partial charge in [-0.2, -0.15) is 4.57 Å². The molecule has 0 bridgehead atoms. The predicted octanol–water partition coefficient (Wildman–Crippen LogP) is 7.42. The number of aromatic nitrogens is 3. The van der Waals surface area contributed by atoms with Gasteiger partial charge in [0.1, 0.15) is 0 Å². The first kappa shape index (κ1) is 21.6.